The molecule has 1 aliphatic carbocycles. The third-order valence-corrected chi connectivity index (χ3v) is 4.89. The third-order valence-electron chi connectivity index (χ3n) is 4.03. The molecule has 0 aliphatic heterocycles. The van der Waals surface area contributed by atoms with Gasteiger partial charge in [-0.15, -0.1) is 11.3 Å². The molecule has 2 rings (SSSR count). The number of aliphatic hydroxyl groups is 1. The Morgan fingerprint density at radius 1 is 1.50 bits per heavy atom. The average molecular weight is 267 g/mol. The Morgan fingerprint density at radius 3 is 2.94 bits per heavy atom. The van der Waals surface area contributed by atoms with Crippen molar-refractivity contribution in [3.8, 4) is 0 Å². The van der Waals surface area contributed by atoms with Crippen molar-refractivity contribution in [1.82, 2.24) is 4.90 Å². The van der Waals surface area contributed by atoms with Gasteiger partial charge in [-0.3, -0.25) is 0 Å². The molecular weight excluding hydrogens is 242 g/mol. The van der Waals surface area contributed by atoms with Crippen molar-refractivity contribution in [2.75, 3.05) is 13.6 Å². The summed E-state index contributed by atoms with van der Waals surface area (Å²) in [6.07, 6.45) is 3.15. The lowest BCUT2D eigenvalue weighted by molar-refractivity contribution is 0.00684. The molecule has 102 valence electrons. The Hall–Kier alpha value is -0.380. The van der Waals surface area contributed by atoms with Gasteiger partial charge in [0.05, 0.1) is 6.10 Å². The Labute approximate surface area is 115 Å². The van der Waals surface area contributed by atoms with Crippen molar-refractivity contribution in [2.45, 2.75) is 45.8 Å². The molecule has 0 bridgehead atoms. The van der Waals surface area contributed by atoms with Crippen molar-refractivity contribution < 1.29 is 5.11 Å². The molecule has 1 fully saturated rings. The van der Waals surface area contributed by atoms with Crippen LogP contribution in [0.3, 0.4) is 0 Å². The Kier molecular flexibility index (Phi) is 4.46. The van der Waals surface area contributed by atoms with Crippen LogP contribution in [0, 0.1) is 11.3 Å². The van der Waals surface area contributed by atoms with Crippen LogP contribution < -0.4 is 0 Å². The molecule has 2 unspecified atom stereocenters. The topological polar surface area (TPSA) is 23.5 Å². The summed E-state index contributed by atoms with van der Waals surface area (Å²) in [6.45, 7) is 6.65. The Balaban J connectivity index is 1.87. The summed E-state index contributed by atoms with van der Waals surface area (Å²) in [5, 5.41) is 12.3. The quantitative estimate of drug-likeness (QED) is 0.904. The van der Waals surface area contributed by atoms with E-state index in [1.807, 2.05) is 11.3 Å². The standard InChI is InChI=1S/C15H25NOS/c1-15(2)7-6-14(17)12(9-15)10-16(3)11-13-5-4-8-18-13/h4-5,8,12,14,17H,6-7,9-11H2,1-3H3. The Bertz CT molecular complexity index is 361. The van der Waals surface area contributed by atoms with E-state index in [1.165, 1.54) is 4.88 Å². The molecule has 1 saturated carbocycles. The molecule has 0 amide bonds. The minimum absolute atomic E-state index is 0.108. The molecule has 0 saturated heterocycles. The third kappa shape index (κ3) is 3.81. The van der Waals surface area contributed by atoms with Gasteiger partial charge in [0.2, 0.25) is 0 Å². The van der Waals surface area contributed by atoms with Crippen molar-refractivity contribution >= 4 is 11.3 Å². The fourth-order valence-electron chi connectivity index (χ4n) is 3.04. The molecule has 1 aromatic rings. The van der Waals surface area contributed by atoms with Crippen molar-refractivity contribution in [3.63, 3.8) is 0 Å². The molecule has 1 N–H and O–H groups in total. The molecule has 2 nitrogen and oxygen atoms in total. The highest BCUT2D eigenvalue weighted by Gasteiger charge is 2.34. The minimum atomic E-state index is -0.108. The fraction of sp³-hybridized carbons (Fsp3) is 0.733. The maximum atomic E-state index is 10.2. The van der Waals surface area contributed by atoms with Crippen LogP contribution in [0.5, 0.6) is 0 Å². The first-order valence-electron chi connectivity index (χ1n) is 6.85. The van der Waals surface area contributed by atoms with E-state index in [0.29, 0.717) is 11.3 Å². The van der Waals surface area contributed by atoms with Crippen LogP contribution in [0.25, 0.3) is 0 Å². The minimum Gasteiger partial charge on any atom is -0.393 e. The van der Waals surface area contributed by atoms with Gasteiger partial charge in [0.1, 0.15) is 0 Å². The van der Waals surface area contributed by atoms with E-state index in [9.17, 15) is 5.11 Å². The normalized spacial score (nSPS) is 27.6. The second-order valence-electron chi connectivity index (χ2n) is 6.51. The molecule has 0 spiro atoms. The summed E-state index contributed by atoms with van der Waals surface area (Å²) in [7, 11) is 2.16. The lowest BCUT2D eigenvalue weighted by Gasteiger charge is -2.40. The highest BCUT2D eigenvalue weighted by Crippen LogP contribution is 2.39. The SMILES string of the molecule is CN(Cc1cccs1)CC1CC(C)(C)CCC1O. The van der Waals surface area contributed by atoms with Crippen molar-refractivity contribution in [3.05, 3.63) is 22.4 Å². The van der Waals surface area contributed by atoms with Crippen LogP contribution in [0.1, 0.15) is 38.0 Å². The fourth-order valence-corrected chi connectivity index (χ4v) is 3.83. The molecule has 1 heterocycles. The molecule has 3 heteroatoms. The number of aliphatic hydroxyl groups excluding tert-OH is 1. The number of hydrogen-bond donors (Lipinski definition) is 1. The summed E-state index contributed by atoms with van der Waals surface area (Å²) in [6, 6.07) is 4.29. The second kappa shape index (κ2) is 5.72. The van der Waals surface area contributed by atoms with Gasteiger partial charge in [-0.1, -0.05) is 19.9 Å². The monoisotopic (exact) mass is 267 g/mol. The average Bonchev–Trinajstić information content (AvgIpc) is 2.76. The van der Waals surface area contributed by atoms with Gasteiger partial charge >= 0.3 is 0 Å². The number of nitrogens with zero attached hydrogens (tertiary/aromatic N) is 1. The van der Waals surface area contributed by atoms with Crippen LogP contribution in [0.4, 0.5) is 0 Å². The van der Waals surface area contributed by atoms with E-state index in [2.05, 4.69) is 43.3 Å². The Morgan fingerprint density at radius 2 is 2.28 bits per heavy atom. The zero-order valence-corrected chi connectivity index (χ0v) is 12.5. The molecule has 1 aliphatic rings. The van der Waals surface area contributed by atoms with E-state index in [4.69, 9.17) is 0 Å². The molecule has 2 atom stereocenters. The van der Waals surface area contributed by atoms with Crippen LogP contribution in [0.2, 0.25) is 0 Å². The van der Waals surface area contributed by atoms with Crippen LogP contribution in [0.15, 0.2) is 17.5 Å². The number of rotatable bonds is 4. The van der Waals surface area contributed by atoms with E-state index < -0.39 is 0 Å². The highest BCUT2D eigenvalue weighted by atomic mass is 32.1. The zero-order chi connectivity index (χ0) is 13.2. The predicted molar refractivity (Wildman–Crippen MR) is 77.8 cm³/mol. The molecule has 0 radical (unpaired) electrons. The van der Waals surface area contributed by atoms with Crippen LogP contribution >= 0.6 is 11.3 Å². The predicted octanol–water partition coefficient (Wildman–Crippen LogP) is 3.37. The van der Waals surface area contributed by atoms with Crippen molar-refractivity contribution in [2.24, 2.45) is 11.3 Å². The smallest absolute Gasteiger partial charge is 0.0581 e. The van der Waals surface area contributed by atoms with Crippen molar-refractivity contribution in [1.29, 1.82) is 0 Å². The van der Waals surface area contributed by atoms with E-state index in [-0.39, 0.29) is 6.10 Å². The number of hydrogen-bond acceptors (Lipinski definition) is 3. The van der Waals surface area contributed by atoms with Gasteiger partial charge in [0.15, 0.2) is 0 Å². The first-order chi connectivity index (χ1) is 8.46. The van der Waals surface area contributed by atoms with Gasteiger partial charge in [-0.05, 0) is 49.1 Å². The van der Waals surface area contributed by atoms with Gasteiger partial charge in [-0.2, -0.15) is 0 Å². The van der Waals surface area contributed by atoms with E-state index in [0.717, 1.165) is 32.4 Å². The van der Waals surface area contributed by atoms with E-state index >= 15 is 0 Å². The molecular formula is C15H25NOS. The first kappa shape index (κ1) is 14.0. The van der Waals surface area contributed by atoms with Crippen LogP contribution in [-0.2, 0) is 6.54 Å². The van der Waals surface area contributed by atoms with Gasteiger partial charge in [0, 0.05) is 18.0 Å². The number of thiophene rings is 1. The lowest BCUT2D eigenvalue weighted by Crippen LogP contribution is -2.39. The van der Waals surface area contributed by atoms with Crippen LogP contribution in [-0.4, -0.2) is 29.7 Å². The zero-order valence-electron chi connectivity index (χ0n) is 11.7. The van der Waals surface area contributed by atoms with Gasteiger partial charge in [-0.25, -0.2) is 0 Å². The van der Waals surface area contributed by atoms with Gasteiger partial charge < -0.3 is 10.0 Å². The maximum Gasteiger partial charge on any atom is 0.0581 e. The lowest BCUT2D eigenvalue weighted by atomic mass is 9.71. The summed E-state index contributed by atoms with van der Waals surface area (Å²) < 4.78 is 0. The first-order valence-corrected chi connectivity index (χ1v) is 7.73. The maximum absolute atomic E-state index is 10.2. The second-order valence-corrected chi connectivity index (χ2v) is 7.54. The molecule has 1 aromatic heterocycles. The molecule has 18 heavy (non-hydrogen) atoms. The summed E-state index contributed by atoms with van der Waals surface area (Å²) in [4.78, 5) is 3.75. The van der Waals surface area contributed by atoms with E-state index in [1.54, 1.807) is 0 Å². The largest absolute Gasteiger partial charge is 0.393 e. The molecule has 0 aromatic carbocycles. The highest BCUT2D eigenvalue weighted by molar-refractivity contribution is 7.09. The summed E-state index contributed by atoms with van der Waals surface area (Å²) in [5.41, 5.74) is 0.396. The summed E-state index contributed by atoms with van der Waals surface area (Å²) >= 11 is 1.81. The summed E-state index contributed by atoms with van der Waals surface area (Å²) in [5.74, 6) is 0.429. The van der Waals surface area contributed by atoms with Gasteiger partial charge in [0.25, 0.3) is 0 Å².